The topological polar surface area (TPSA) is 42.4 Å². The molecule has 0 unspecified atom stereocenters. The van der Waals surface area contributed by atoms with Crippen LogP contribution in [0.3, 0.4) is 0 Å². The first kappa shape index (κ1) is 13.1. The lowest BCUT2D eigenvalue weighted by molar-refractivity contribution is 0.166. The van der Waals surface area contributed by atoms with E-state index < -0.39 is 0 Å². The third-order valence-electron chi connectivity index (χ3n) is 3.81. The molecule has 0 saturated carbocycles. The van der Waals surface area contributed by atoms with E-state index in [1.54, 1.807) is 0 Å². The van der Waals surface area contributed by atoms with Gasteiger partial charge in [-0.3, -0.25) is 4.90 Å². The summed E-state index contributed by atoms with van der Waals surface area (Å²) in [4.78, 5) is 2.30. The molecule has 0 radical (unpaired) electrons. The maximum Gasteiger partial charge on any atom is 0.134 e. The molecule has 3 nitrogen and oxygen atoms in total. The van der Waals surface area contributed by atoms with Gasteiger partial charge in [0, 0.05) is 24.0 Å². The zero-order valence-electron chi connectivity index (χ0n) is 11.4. The summed E-state index contributed by atoms with van der Waals surface area (Å²) in [5, 5.41) is 1.22. The van der Waals surface area contributed by atoms with Crippen molar-refractivity contribution in [1.29, 1.82) is 0 Å². The van der Waals surface area contributed by atoms with Crippen molar-refractivity contribution in [2.75, 3.05) is 20.1 Å². The molecule has 2 rings (SSSR count). The SMILES string of the molecule is CN(CCc1coc2ccccc12)C(C)(C)CN. The van der Waals surface area contributed by atoms with Gasteiger partial charge >= 0.3 is 0 Å². The molecule has 0 spiro atoms. The van der Waals surface area contributed by atoms with Gasteiger partial charge in [0.2, 0.25) is 0 Å². The van der Waals surface area contributed by atoms with Crippen LogP contribution in [0.15, 0.2) is 34.9 Å². The molecule has 18 heavy (non-hydrogen) atoms. The Morgan fingerprint density at radius 2 is 2.00 bits per heavy atom. The Hall–Kier alpha value is -1.32. The fourth-order valence-electron chi connectivity index (χ4n) is 1.97. The third-order valence-corrected chi connectivity index (χ3v) is 3.81. The molecule has 0 atom stereocenters. The second kappa shape index (κ2) is 5.12. The molecule has 1 heterocycles. The minimum Gasteiger partial charge on any atom is -0.464 e. The Labute approximate surface area is 109 Å². The standard InChI is InChI=1S/C15H22N2O/c1-15(2,11-16)17(3)9-8-12-10-18-14-7-5-4-6-13(12)14/h4-7,10H,8-9,11,16H2,1-3H3. The minimum atomic E-state index is 0.0412. The normalized spacial score (nSPS) is 12.5. The molecule has 2 aromatic rings. The number of rotatable bonds is 5. The number of fused-ring (bicyclic) bond motifs is 1. The summed E-state index contributed by atoms with van der Waals surface area (Å²) in [5.74, 6) is 0. The van der Waals surface area contributed by atoms with E-state index in [0.29, 0.717) is 6.54 Å². The molecule has 0 aliphatic carbocycles. The quantitative estimate of drug-likeness (QED) is 0.882. The molecule has 0 bridgehead atoms. The van der Waals surface area contributed by atoms with Crippen molar-refractivity contribution in [3.05, 3.63) is 36.1 Å². The van der Waals surface area contributed by atoms with Gasteiger partial charge in [-0.05, 0) is 38.9 Å². The van der Waals surface area contributed by atoms with Crippen LogP contribution in [-0.4, -0.2) is 30.6 Å². The average Bonchev–Trinajstić information content (AvgIpc) is 2.79. The van der Waals surface area contributed by atoms with Crippen molar-refractivity contribution in [2.45, 2.75) is 25.8 Å². The Morgan fingerprint density at radius 1 is 1.28 bits per heavy atom. The summed E-state index contributed by atoms with van der Waals surface area (Å²) in [6.45, 7) is 5.98. The van der Waals surface area contributed by atoms with E-state index in [9.17, 15) is 0 Å². The summed E-state index contributed by atoms with van der Waals surface area (Å²) in [7, 11) is 2.12. The lowest BCUT2D eigenvalue weighted by atomic mass is 10.0. The molecule has 0 aliphatic heterocycles. The molecule has 1 aromatic heterocycles. The van der Waals surface area contributed by atoms with E-state index in [1.165, 1.54) is 10.9 Å². The van der Waals surface area contributed by atoms with Gasteiger partial charge in [0.05, 0.1) is 6.26 Å². The number of nitrogens with two attached hydrogens (primary N) is 1. The van der Waals surface area contributed by atoms with Crippen LogP contribution in [0.5, 0.6) is 0 Å². The van der Waals surface area contributed by atoms with Crippen LogP contribution >= 0.6 is 0 Å². The highest BCUT2D eigenvalue weighted by molar-refractivity contribution is 5.80. The van der Waals surface area contributed by atoms with Gasteiger partial charge in [0.15, 0.2) is 0 Å². The zero-order valence-corrected chi connectivity index (χ0v) is 11.4. The average molecular weight is 246 g/mol. The van der Waals surface area contributed by atoms with Crippen molar-refractivity contribution in [2.24, 2.45) is 5.73 Å². The van der Waals surface area contributed by atoms with E-state index in [4.69, 9.17) is 10.2 Å². The van der Waals surface area contributed by atoms with E-state index >= 15 is 0 Å². The summed E-state index contributed by atoms with van der Waals surface area (Å²) in [6, 6.07) is 8.17. The maximum atomic E-state index is 5.79. The van der Waals surface area contributed by atoms with E-state index in [-0.39, 0.29) is 5.54 Å². The second-order valence-corrected chi connectivity index (χ2v) is 5.45. The van der Waals surface area contributed by atoms with Gasteiger partial charge in [-0.2, -0.15) is 0 Å². The van der Waals surface area contributed by atoms with Gasteiger partial charge in [-0.15, -0.1) is 0 Å². The number of furan rings is 1. The summed E-state index contributed by atoms with van der Waals surface area (Å²) < 4.78 is 5.55. The molecule has 2 N–H and O–H groups in total. The largest absolute Gasteiger partial charge is 0.464 e. The lowest BCUT2D eigenvalue weighted by Crippen LogP contribution is -2.47. The molecular weight excluding hydrogens is 224 g/mol. The maximum absolute atomic E-state index is 5.79. The number of likely N-dealkylation sites (N-methyl/N-ethyl adjacent to an activating group) is 1. The van der Waals surface area contributed by atoms with Crippen molar-refractivity contribution in [1.82, 2.24) is 4.90 Å². The molecule has 1 aromatic carbocycles. The predicted octanol–water partition coefficient (Wildman–Crippen LogP) is 2.64. The van der Waals surface area contributed by atoms with Gasteiger partial charge in [0.1, 0.15) is 5.58 Å². The highest BCUT2D eigenvalue weighted by Gasteiger charge is 2.21. The van der Waals surface area contributed by atoms with Crippen LogP contribution in [0, 0.1) is 0 Å². The Kier molecular flexibility index (Phi) is 3.73. The first-order valence-electron chi connectivity index (χ1n) is 6.41. The minimum absolute atomic E-state index is 0.0412. The van der Waals surface area contributed by atoms with Gasteiger partial charge in [-0.1, -0.05) is 18.2 Å². The molecule has 0 fully saturated rings. The first-order chi connectivity index (χ1) is 8.54. The third kappa shape index (κ3) is 2.57. The Morgan fingerprint density at radius 3 is 2.72 bits per heavy atom. The first-order valence-corrected chi connectivity index (χ1v) is 6.41. The van der Waals surface area contributed by atoms with Crippen molar-refractivity contribution in [3.8, 4) is 0 Å². The van der Waals surface area contributed by atoms with Crippen molar-refractivity contribution in [3.63, 3.8) is 0 Å². The molecule has 0 aliphatic rings. The second-order valence-electron chi connectivity index (χ2n) is 5.45. The van der Waals surface area contributed by atoms with Crippen LogP contribution in [0.1, 0.15) is 19.4 Å². The summed E-state index contributed by atoms with van der Waals surface area (Å²) >= 11 is 0. The number of hydrogen-bond acceptors (Lipinski definition) is 3. The van der Waals surface area contributed by atoms with Crippen LogP contribution in [0.4, 0.5) is 0 Å². The molecular formula is C15H22N2O. The number of para-hydroxylation sites is 1. The monoisotopic (exact) mass is 246 g/mol. The molecule has 0 amide bonds. The van der Waals surface area contributed by atoms with Crippen molar-refractivity contribution >= 4 is 11.0 Å². The van der Waals surface area contributed by atoms with Crippen LogP contribution in [0.2, 0.25) is 0 Å². The van der Waals surface area contributed by atoms with Crippen molar-refractivity contribution < 1.29 is 4.42 Å². The number of hydrogen-bond donors (Lipinski definition) is 1. The molecule has 3 heteroatoms. The number of nitrogens with zero attached hydrogens (tertiary/aromatic N) is 1. The van der Waals surface area contributed by atoms with Crippen LogP contribution < -0.4 is 5.73 Å². The Bertz CT molecular complexity index is 516. The predicted molar refractivity (Wildman–Crippen MR) is 75.7 cm³/mol. The highest BCUT2D eigenvalue weighted by atomic mass is 16.3. The van der Waals surface area contributed by atoms with Gasteiger partial charge < -0.3 is 10.2 Å². The lowest BCUT2D eigenvalue weighted by Gasteiger charge is -2.34. The highest BCUT2D eigenvalue weighted by Crippen LogP contribution is 2.21. The van der Waals surface area contributed by atoms with E-state index in [1.807, 2.05) is 18.4 Å². The van der Waals surface area contributed by atoms with E-state index in [2.05, 4.69) is 37.9 Å². The van der Waals surface area contributed by atoms with Gasteiger partial charge in [0.25, 0.3) is 0 Å². The van der Waals surface area contributed by atoms with Gasteiger partial charge in [-0.25, -0.2) is 0 Å². The van der Waals surface area contributed by atoms with Crippen LogP contribution in [0.25, 0.3) is 11.0 Å². The summed E-state index contributed by atoms with van der Waals surface area (Å²) in [6.07, 6.45) is 2.85. The van der Waals surface area contributed by atoms with E-state index in [0.717, 1.165) is 18.5 Å². The molecule has 98 valence electrons. The fraction of sp³-hybridized carbons (Fsp3) is 0.467. The summed E-state index contributed by atoms with van der Waals surface area (Å²) in [5.41, 5.74) is 8.06. The van der Waals surface area contributed by atoms with Crippen LogP contribution in [-0.2, 0) is 6.42 Å². The molecule has 0 saturated heterocycles. The zero-order chi connectivity index (χ0) is 13.2. The Balaban J connectivity index is 2.07. The number of benzene rings is 1. The fourth-order valence-corrected chi connectivity index (χ4v) is 1.97. The smallest absolute Gasteiger partial charge is 0.134 e.